The van der Waals surface area contributed by atoms with Crippen LogP contribution in [0.3, 0.4) is 0 Å². The molecule has 1 saturated carbocycles. The molecule has 108 valence electrons. The molecule has 0 radical (unpaired) electrons. The summed E-state index contributed by atoms with van der Waals surface area (Å²) in [5, 5.41) is 0. The van der Waals surface area contributed by atoms with Crippen LogP contribution in [0.4, 0.5) is 0 Å². The van der Waals surface area contributed by atoms with E-state index in [0.29, 0.717) is 0 Å². The zero-order valence-electron chi connectivity index (χ0n) is 12.7. The highest BCUT2D eigenvalue weighted by Crippen LogP contribution is 2.30. The number of hydrogen-bond acceptors (Lipinski definition) is 1. The van der Waals surface area contributed by atoms with E-state index >= 15 is 0 Å². The zero-order valence-corrected chi connectivity index (χ0v) is 12.7. The largest absolute Gasteiger partial charge is 0.325 e. The van der Waals surface area contributed by atoms with Crippen LogP contribution in [-0.2, 0) is 0 Å². The van der Waals surface area contributed by atoms with Gasteiger partial charge in [0.25, 0.3) is 0 Å². The molecule has 1 aliphatic rings. The lowest BCUT2D eigenvalue weighted by molar-refractivity contribution is 0.269. The lowest BCUT2D eigenvalue weighted by Gasteiger charge is -2.33. The third-order valence-electron chi connectivity index (χ3n) is 4.63. The predicted molar refractivity (Wildman–Crippen MR) is 81.8 cm³/mol. The molecule has 0 aromatic carbocycles. The second-order valence-electron chi connectivity index (χ2n) is 6.50. The van der Waals surface area contributed by atoms with Crippen LogP contribution in [0.2, 0.25) is 0 Å². The maximum Gasteiger partial charge on any atom is 0.0154 e. The smallest absolute Gasteiger partial charge is 0.0154 e. The van der Waals surface area contributed by atoms with Crippen molar-refractivity contribution in [2.24, 2.45) is 5.73 Å². The molecule has 1 nitrogen and oxygen atoms in total. The number of rotatable bonds is 10. The number of hydrogen-bond donors (Lipinski definition) is 1. The Morgan fingerprint density at radius 2 is 1.22 bits per heavy atom. The Balaban J connectivity index is 1.86. The summed E-state index contributed by atoms with van der Waals surface area (Å²) in [5.74, 6) is 0. The molecule has 2 N–H and O–H groups in total. The molecule has 0 spiro atoms. The second-order valence-corrected chi connectivity index (χ2v) is 6.50. The van der Waals surface area contributed by atoms with Gasteiger partial charge in [0.05, 0.1) is 0 Å². The van der Waals surface area contributed by atoms with E-state index in [0.717, 1.165) is 0 Å². The van der Waals surface area contributed by atoms with E-state index in [2.05, 4.69) is 6.92 Å². The molecule has 1 aliphatic carbocycles. The van der Waals surface area contributed by atoms with Crippen molar-refractivity contribution in [3.05, 3.63) is 0 Å². The van der Waals surface area contributed by atoms with Gasteiger partial charge in [-0.3, -0.25) is 0 Å². The zero-order chi connectivity index (χ0) is 13.1. The Hall–Kier alpha value is -0.0400. The summed E-state index contributed by atoms with van der Waals surface area (Å²) in [7, 11) is 0. The van der Waals surface area contributed by atoms with Crippen LogP contribution in [-0.4, -0.2) is 5.54 Å². The van der Waals surface area contributed by atoms with E-state index in [9.17, 15) is 0 Å². The molecule has 0 aromatic heterocycles. The fourth-order valence-corrected chi connectivity index (χ4v) is 3.29. The van der Waals surface area contributed by atoms with Crippen molar-refractivity contribution in [1.29, 1.82) is 0 Å². The van der Waals surface area contributed by atoms with E-state index in [-0.39, 0.29) is 5.54 Å². The maximum absolute atomic E-state index is 6.45. The molecule has 1 heteroatoms. The number of nitrogens with two attached hydrogens (primary N) is 1. The Kier molecular flexibility index (Phi) is 8.75. The Labute approximate surface area is 115 Å². The fourth-order valence-electron chi connectivity index (χ4n) is 3.29. The van der Waals surface area contributed by atoms with E-state index in [1.807, 2.05) is 0 Å². The first-order valence-electron chi connectivity index (χ1n) is 8.56. The molecule has 1 fully saturated rings. The molecule has 0 unspecified atom stereocenters. The van der Waals surface area contributed by atoms with Crippen molar-refractivity contribution in [3.63, 3.8) is 0 Å². The molecule has 1 rings (SSSR count). The van der Waals surface area contributed by atoms with E-state index in [1.165, 1.54) is 96.3 Å². The average Bonchev–Trinajstić information content (AvgIpc) is 2.38. The normalized spacial score (nSPS) is 19.0. The van der Waals surface area contributed by atoms with Crippen LogP contribution in [0.1, 0.15) is 103 Å². The van der Waals surface area contributed by atoms with E-state index < -0.39 is 0 Å². The summed E-state index contributed by atoms with van der Waals surface area (Å²) in [4.78, 5) is 0. The van der Waals surface area contributed by atoms with Gasteiger partial charge < -0.3 is 5.73 Å². The SMILES string of the molecule is CCCCCCCCCCCC1(N)CCCCC1. The lowest BCUT2D eigenvalue weighted by atomic mass is 9.79. The minimum Gasteiger partial charge on any atom is -0.325 e. The van der Waals surface area contributed by atoms with Crippen molar-refractivity contribution in [2.45, 2.75) is 109 Å². The van der Waals surface area contributed by atoms with Gasteiger partial charge in [0, 0.05) is 5.54 Å². The van der Waals surface area contributed by atoms with Gasteiger partial charge in [0.2, 0.25) is 0 Å². The van der Waals surface area contributed by atoms with Gasteiger partial charge in [0.15, 0.2) is 0 Å². The molecule has 0 atom stereocenters. The van der Waals surface area contributed by atoms with Crippen LogP contribution in [0.25, 0.3) is 0 Å². The first kappa shape index (κ1) is 16.0. The average molecular weight is 253 g/mol. The lowest BCUT2D eigenvalue weighted by Crippen LogP contribution is -2.41. The van der Waals surface area contributed by atoms with Crippen LogP contribution in [0, 0.1) is 0 Å². The topological polar surface area (TPSA) is 26.0 Å². The minimum atomic E-state index is 0.222. The summed E-state index contributed by atoms with van der Waals surface area (Å²) < 4.78 is 0. The molecule has 18 heavy (non-hydrogen) atoms. The predicted octanol–water partition coefficient (Wildman–Crippen LogP) is 5.57. The van der Waals surface area contributed by atoms with Gasteiger partial charge in [-0.25, -0.2) is 0 Å². The Morgan fingerprint density at radius 1 is 0.722 bits per heavy atom. The molecular weight excluding hydrogens is 218 g/mol. The molecule has 0 amide bonds. The Morgan fingerprint density at radius 3 is 1.78 bits per heavy atom. The van der Waals surface area contributed by atoms with E-state index in [4.69, 9.17) is 5.73 Å². The summed E-state index contributed by atoms with van der Waals surface area (Å²) in [6.45, 7) is 2.29. The molecule has 0 aliphatic heterocycles. The van der Waals surface area contributed by atoms with Crippen LogP contribution < -0.4 is 5.73 Å². The van der Waals surface area contributed by atoms with Crippen molar-refractivity contribution in [1.82, 2.24) is 0 Å². The van der Waals surface area contributed by atoms with Crippen LogP contribution >= 0.6 is 0 Å². The number of unbranched alkanes of at least 4 members (excludes halogenated alkanes) is 8. The van der Waals surface area contributed by atoms with Crippen molar-refractivity contribution < 1.29 is 0 Å². The summed E-state index contributed by atoms with van der Waals surface area (Å²) in [5.41, 5.74) is 6.68. The highest BCUT2D eigenvalue weighted by atomic mass is 14.7. The summed E-state index contributed by atoms with van der Waals surface area (Å²) in [6, 6.07) is 0. The molecule has 0 heterocycles. The highest BCUT2D eigenvalue weighted by Gasteiger charge is 2.26. The monoisotopic (exact) mass is 253 g/mol. The van der Waals surface area contributed by atoms with Crippen LogP contribution in [0.15, 0.2) is 0 Å². The van der Waals surface area contributed by atoms with Gasteiger partial charge >= 0.3 is 0 Å². The van der Waals surface area contributed by atoms with Crippen LogP contribution in [0.5, 0.6) is 0 Å². The molecule has 0 saturated heterocycles. The first-order valence-corrected chi connectivity index (χ1v) is 8.56. The first-order chi connectivity index (χ1) is 8.77. The van der Waals surface area contributed by atoms with Gasteiger partial charge in [-0.2, -0.15) is 0 Å². The van der Waals surface area contributed by atoms with Crippen molar-refractivity contribution in [2.75, 3.05) is 0 Å². The van der Waals surface area contributed by atoms with Gasteiger partial charge in [-0.05, 0) is 19.3 Å². The fraction of sp³-hybridized carbons (Fsp3) is 1.00. The summed E-state index contributed by atoms with van der Waals surface area (Å²) in [6.07, 6.45) is 20.8. The standard InChI is InChI=1S/C17H35N/c1-2-3-4-5-6-7-8-9-11-14-17(18)15-12-10-13-16-17/h2-16,18H2,1H3. The third kappa shape index (κ3) is 7.41. The third-order valence-corrected chi connectivity index (χ3v) is 4.63. The van der Waals surface area contributed by atoms with Crippen molar-refractivity contribution >= 4 is 0 Å². The maximum atomic E-state index is 6.45. The minimum absolute atomic E-state index is 0.222. The molecular formula is C17H35N. The van der Waals surface area contributed by atoms with Gasteiger partial charge in [0.1, 0.15) is 0 Å². The Bertz CT molecular complexity index is 182. The van der Waals surface area contributed by atoms with Gasteiger partial charge in [-0.1, -0.05) is 84.0 Å². The summed E-state index contributed by atoms with van der Waals surface area (Å²) >= 11 is 0. The van der Waals surface area contributed by atoms with Gasteiger partial charge in [-0.15, -0.1) is 0 Å². The molecule has 0 bridgehead atoms. The highest BCUT2D eigenvalue weighted by molar-refractivity contribution is 4.86. The second kappa shape index (κ2) is 9.83. The quantitative estimate of drug-likeness (QED) is 0.506. The van der Waals surface area contributed by atoms with Crippen molar-refractivity contribution in [3.8, 4) is 0 Å². The molecule has 0 aromatic rings. The van der Waals surface area contributed by atoms with E-state index in [1.54, 1.807) is 0 Å².